The third-order valence-electron chi connectivity index (χ3n) is 0. The van der Waals surface area contributed by atoms with Gasteiger partial charge in [0.15, 0.2) is 0 Å². The Morgan fingerprint density at radius 2 is 0.333 bits per heavy atom. The minimum Gasteiger partial charge on any atom is -0.870 e. The van der Waals surface area contributed by atoms with E-state index in [1.54, 1.807) is 0 Å². The molecule has 0 aliphatic heterocycles. The topological polar surface area (TPSA) is 210 Å². The van der Waals surface area contributed by atoms with Crippen LogP contribution in [0.1, 0.15) is 0 Å². The van der Waals surface area contributed by atoms with Crippen LogP contribution in [0.5, 0.6) is 0 Å². The Balaban J connectivity index is 0. The van der Waals surface area contributed by atoms with Gasteiger partial charge in [0.1, 0.15) is 0 Å². The monoisotopic (exact) mass is 307 g/mol. The molecule has 0 aromatic heterocycles. The third-order valence-corrected chi connectivity index (χ3v) is 0. The fourth-order valence-electron chi connectivity index (χ4n) is 0. The Hall–Kier alpha value is 1.81. The van der Waals surface area contributed by atoms with Gasteiger partial charge < -0.3 is 38.3 Å². The maximum atomic E-state index is 0. The van der Waals surface area contributed by atoms with Crippen LogP contribution < -0.4 is 0 Å². The van der Waals surface area contributed by atoms with Crippen molar-refractivity contribution in [1.29, 1.82) is 0 Å². The fraction of sp³-hybridized carbons (Fsp3) is 0. The molecule has 0 saturated carbocycles. The smallest absolute Gasteiger partial charge is 0.870 e. The summed E-state index contributed by atoms with van der Waals surface area (Å²) in [6.07, 6.45) is 0. The van der Waals surface area contributed by atoms with Gasteiger partial charge in [0, 0.05) is 0 Å². The first-order valence-corrected chi connectivity index (χ1v) is 0. The van der Waals surface area contributed by atoms with E-state index in [9.17, 15) is 0 Å². The molecule has 0 heterocycles. The van der Waals surface area contributed by atoms with Gasteiger partial charge >= 0.3 is 63.5 Å². The molecule has 0 rings (SSSR count). The van der Waals surface area contributed by atoms with E-state index in [1.807, 2.05) is 0 Å². The van der Waals surface area contributed by atoms with Crippen LogP contribution in [-0.2, 0) is 21.7 Å². The summed E-state index contributed by atoms with van der Waals surface area (Å²) in [7, 11) is 0. The minimum atomic E-state index is 0. The summed E-state index contributed by atoms with van der Waals surface area (Å²) in [5.41, 5.74) is 0. The molecule has 0 bridgehead atoms. The largest absolute Gasteiger partial charge is 4.00 e. The van der Waals surface area contributed by atoms with E-state index in [2.05, 4.69) is 0 Å². The van der Waals surface area contributed by atoms with Crippen molar-refractivity contribution in [2.24, 2.45) is 0 Å². The Morgan fingerprint density at radius 3 is 0.333 bits per heavy atom. The van der Waals surface area contributed by atoms with Gasteiger partial charge in [-0.1, -0.05) is 0 Å². The Morgan fingerprint density at radius 1 is 0.333 bits per heavy atom. The quantitative estimate of drug-likeness (QED) is 0.496. The summed E-state index contributed by atoms with van der Waals surface area (Å²) in [6, 6.07) is 0. The van der Waals surface area contributed by atoms with E-state index in [0.717, 1.165) is 0 Å². The van der Waals surface area contributed by atoms with Crippen molar-refractivity contribution >= 4 is 0 Å². The molecule has 7 N–H and O–H groups in total. The molecular formula is H7CeO7Ti. The van der Waals surface area contributed by atoms with Crippen LogP contribution in [-0.4, -0.2) is 38.3 Å². The molecule has 0 aliphatic rings. The fourth-order valence-corrected chi connectivity index (χ4v) is 0. The normalized spacial score (nSPS) is 0. The molecule has 0 atom stereocenters. The van der Waals surface area contributed by atoms with Gasteiger partial charge in [0.25, 0.3) is 0 Å². The maximum Gasteiger partial charge on any atom is 4.00 e. The van der Waals surface area contributed by atoms with Crippen LogP contribution in [0.3, 0.4) is 0 Å². The van der Waals surface area contributed by atoms with Crippen molar-refractivity contribution in [3.05, 3.63) is 0 Å². The standard InChI is InChI=1S/Ce.7H2O.Ti/h;7*1H2;/q+3;;;;;;;;+4/p-7. The van der Waals surface area contributed by atoms with Crippen molar-refractivity contribution < 1.29 is 102 Å². The average molecular weight is 307 g/mol. The first-order valence-electron chi connectivity index (χ1n) is 0. The summed E-state index contributed by atoms with van der Waals surface area (Å²) in [6.45, 7) is 0. The van der Waals surface area contributed by atoms with Crippen molar-refractivity contribution in [1.82, 2.24) is 0 Å². The first kappa shape index (κ1) is 317. The zero-order chi connectivity index (χ0) is 0. The molecule has 0 aromatic rings. The zero-order valence-corrected chi connectivity index (χ0v) is 8.83. The maximum absolute atomic E-state index is 0. The van der Waals surface area contributed by atoms with Gasteiger partial charge in [-0.3, -0.25) is 0 Å². The van der Waals surface area contributed by atoms with Crippen molar-refractivity contribution in [2.45, 2.75) is 0 Å². The second kappa shape index (κ2) is 232. The Kier molecular flexibility index (Phi) is 8190. The summed E-state index contributed by atoms with van der Waals surface area (Å²) in [4.78, 5) is 0. The zero-order valence-electron chi connectivity index (χ0n) is 4.13. The van der Waals surface area contributed by atoms with Crippen molar-refractivity contribution in [2.75, 3.05) is 0 Å². The summed E-state index contributed by atoms with van der Waals surface area (Å²) < 4.78 is 0. The number of hydrogen-bond acceptors (Lipinski definition) is 7. The van der Waals surface area contributed by atoms with Gasteiger partial charge in [0.2, 0.25) is 0 Å². The Labute approximate surface area is 101 Å². The number of rotatable bonds is 0. The summed E-state index contributed by atoms with van der Waals surface area (Å²) >= 11 is 0. The molecule has 0 aromatic carbocycles. The van der Waals surface area contributed by atoms with Gasteiger partial charge in [-0.25, -0.2) is 0 Å². The van der Waals surface area contributed by atoms with Crippen LogP contribution in [0, 0.1) is 41.7 Å². The molecule has 57 valence electrons. The van der Waals surface area contributed by atoms with Gasteiger partial charge in [-0.05, 0) is 0 Å². The molecule has 0 amide bonds. The van der Waals surface area contributed by atoms with Gasteiger partial charge in [0.05, 0.1) is 0 Å². The average Bonchev–Trinajstić information content (AvgIpc) is 0. The van der Waals surface area contributed by atoms with E-state index >= 15 is 0 Å². The van der Waals surface area contributed by atoms with Crippen LogP contribution >= 0.6 is 0 Å². The SMILES string of the molecule is [Ce+3].[OH-].[OH-].[OH-].[OH-].[OH-].[OH-].[OH-].[Ti+4]. The van der Waals surface area contributed by atoms with E-state index in [0.29, 0.717) is 0 Å². The summed E-state index contributed by atoms with van der Waals surface area (Å²) in [5, 5.41) is 0. The molecule has 7 nitrogen and oxygen atoms in total. The predicted molar refractivity (Wildman–Crippen MR) is 13.6 cm³/mol. The molecule has 0 saturated heterocycles. The Bertz CT molecular complexity index is 8.88. The van der Waals surface area contributed by atoms with E-state index in [1.165, 1.54) is 0 Å². The summed E-state index contributed by atoms with van der Waals surface area (Å²) in [5.74, 6) is 0. The second-order valence-corrected chi connectivity index (χ2v) is 0. The van der Waals surface area contributed by atoms with Crippen LogP contribution in [0.4, 0.5) is 0 Å². The van der Waals surface area contributed by atoms with E-state index in [4.69, 9.17) is 0 Å². The molecule has 9 heteroatoms. The molecule has 9 heavy (non-hydrogen) atoms. The van der Waals surface area contributed by atoms with Crippen LogP contribution in [0.15, 0.2) is 0 Å². The molecule has 0 unspecified atom stereocenters. The molecule has 0 fully saturated rings. The molecule has 1 radical (unpaired) electrons. The van der Waals surface area contributed by atoms with Crippen LogP contribution in [0.2, 0.25) is 0 Å². The first-order chi connectivity index (χ1) is 0. The number of hydrogen-bond donors (Lipinski definition) is 0. The van der Waals surface area contributed by atoms with Gasteiger partial charge in [-0.15, -0.1) is 0 Å². The predicted octanol–water partition coefficient (Wildman–Crippen LogP) is -1.24. The van der Waals surface area contributed by atoms with Gasteiger partial charge in [-0.2, -0.15) is 0 Å². The molecule has 0 spiro atoms. The van der Waals surface area contributed by atoms with E-state index in [-0.39, 0.29) is 102 Å². The second-order valence-electron chi connectivity index (χ2n) is 0. The molecular weight excluding hydrogens is 300 g/mol. The van der Waals surface area contributed by atoms with Crippen molar-refractivity contribution in [3.8, 4) is 0 Å². The van der Waals surface area contributed by atoms with Crippen molar-refractivity contribution in [3.63, 3.8) is 0 Å². The van der Waals surface area contributed by atoms with E-state index < -0.39 is 0 Å². The third kappa shape index (κ3) is 183. The molecule has 0 aliphatic carbocycles. The minimum absolute atomic E-state index is 0. The van der Waals surface area contributed by atoms with Crippen LogP contribution in [0.25, 0.3) is 0 Å².